The van der Waals surface area contributed by atoms with Gasteiger partial charge in [-0.05, 0) is 24.3 Å². The first-order valence-corrected chi connectivity index (χ1v) is 7.55. The number of carbonyl (C=O) groups is 1. The van der Waals surface area contributed by atoms with Crippen LogP contribution in [0.25, 0.3) is 10.9 Å². The van der Waals surface area contributed by atoms with Gasteiger partial charge in [0.2, 0.25) is 0 Å². The smallest absolute Gasteiger partial charge is 0.333 e. The average Bonchev–Trinajstić information content (AvgIpc) is 2.58. The van der Waals surface area contributed by atoms with Crippen LogP contribution in [0.4, 0.5) is 0 Å². The molecule has 7 heteroatoms. The van der Waals surface area contributed by atoms with E-state index < -0.39 is 12.0 Å². The van der Waals surface area contributed by atoms with Crippen molar-refractivity contribution >= 4 is 32.8 Å². The van der Waals surface area contributed by atoms with E-state index in [0.29, 0.717) is 16.5 Å². The third-order valence-electron chi connectivity index (χ3n) is 3.45. The Balaban J connectivity index is 2.25. The van der Waals surface area contributed by atoms with Gasteiger partial charge < -0.3 is 4.74 Å². The van der Waals surface area contributed by atoms with Crippen LogP contribution in [0, 0.1) is 0 Å². The molecule has 0 bridgehead atoms. The standard InChI is InChI=1S/C16H12BrN3O3/c1-23-16(22)14(10-3-2-6-18-8-10)20-9-19-13-5-4-11(17)7-12(13)15(20)21/h2-9,14H,1H3. The second-order valence-electron chi connectivity index (χ2n) is 4.83. The quantitative estimate of drug-likeness (QED) is 0.658. The van der Waals surface area contributed by atoms with Crippen molar-refractivity contribution in [2.24, 2.45) is 0 Å². The molecule has 0 aliphatic heterocycles. The van der Waals surface area contributed by atoms with E-state index in [1.165, 1.54) is 24.2 Å². The van der Waals surface area contributed by atoms with Gasteiger partial charge in [0.05, 0.1) is 24.3 Å². The van der Waals surface area contributed by atoms with Gasteiger partial charge in [0.1, 0.15) is 0 Å². The molecule has 1 atom stereocenters. The lowest BCUT2D eigenvalue weighted by atomic mass is 10.1. The van der Waals surface area contributed by atoms with Gasteiger partial charge in [0.25, 0.3) is 5.56 Å². The molecule has 6 nitrogen and oxygen atoms in total. The van der Waals surface area contributed by atoms with Crippen LogP contribution in [-0.4, -0.2) is 27.6 Å². The summed E-state index contributed by atoms with van der Waals surface area (Å²) in [5, 5.41) is 0.416. The maximum absolute atomic E-state index is 12.8. The maximum Gasteiger partial charge on any atom is 0.333 e. The molecule has 0 aliphatic carbocycles. The highest BCUT2D eigenvalue weighted by Crippen LogP contribution is 2.20. The van der Waals surface area contributed by atoms with Crippen LogP contribution in [0.1, 0.15) is 11.6 Å². The Morgan fingerprint density at radius 1 is 1.35 bits per heavy atom. The van der Waals surface area contributed by atoms with Gasteiger partial charge in [0, 0.05) is 22.4 Å². The molecule has 0 radical (unpaired) electrons. The van der Waals surface area contributed by atoms with Gasteiger partial charge in [-0.15, -0.1) is 0 Å². The van der Waals surface area contributed by atoms with Crippen LogP contribution >= 0.6 is 15.9 Å². The van der Waals surface area contributed by atoms with Gasteiger partial charge in [-0.25, -0.2) is 9.78 Å². The zero-order valence-corrected chi connectivity index (χ0v) is 13.7. The molecule has 23 heavy (non-hydrogen) atoms. The van der Waals surface area contributed by atoms with E-state index >= 15 is 0 Å². The molecule has 0 amide bonds. The van der Waals surface area contributed by atoms with E-state index in [2.05, 4.69) is 25.9 Å². The fourth-order valence-corrected chi connectivity index (χ4v) is 2.71. The normalized spacial score (nSPS) is 12.1. The number of methoxy groups -OCH3 is 1. The van der Waals surface area contributed by atoms with Crippen LogP contribution < -0.4 is 5.56 Å². The van der Waals surface area contributed by atoms with Crippen molar-refractivity contribution in [3.63, 3.8) is 0 Å². The summed E-state index contributed by atoms with van der Waals surface area (Å²) < 4.78 is 6.87. The topological polar surface area (TPSA) is 74.1 Å². The Labute approximate surface area is 139 Å². The third kappa shape index (κ3) is 2.87. The fraction of sp³-hybridized carbons (Fsp3) is 0.125. The second kappa shape index (κ2) is 6.29. The number of fused-ring (bicyclic) bond motifs is 1. The number of hydrogen-bond acceptors (Lipinski definition) is 5. The van der Waals surface area contributed by atoms with Crippen molar-refractivity contribution in [3.05, 3.63) is 69.4 Å². The zero-order chi connectivity index (χ0) is 16.4. The molecule has 2 aromatic heterocycles. The summed E-state index contributed by atoms with van der Waals surface area (Å²) in [4.78, 5) is 33.3. The van der Waals surface area contributed by atoms with Crippen LogP contribution in [0.15, 0.2) is 58.3 Å². The van der Waals surface area contributed by atoms with Crippen LogP contribution in [0.3, 0.4) is 0 Å². The van der Waals surface area contributed by atoms with Crippen molar-refractivity contribution in [1.29, 1.82) is 0 Å². The van der Waals surface area contributed by atoms with Crippen LogP contribution in [-0.2, 0) is 9.53 Å². The number of aromatic nitrogens is 3. The molecule has 0 spiro atoms. The maximum atomic E-state index is 12.8. The number of carbonyl (C=O) groups excluding carboxylic acids is 1. The highest BCUT2D eigenvalue weighted by molar-refractivity contribution is 9.10. The van der Waals surface area contributed by atoms with E-state index in [1.807, 2.05) is 0 Å². The molecular formula is C16H12BrN3O3. The van der Waals surface area contributed by atoms with Crippen molar-refractivity contribution < 1.29 is 9.53 Å². The lowest BCUT2D eigenvalue weighted by Gasteiger charge is -2.17. The number of ether oxygens (including phenoxy) is 1. The molecule has 1 aromatic carbocycles. The molecule has 1 unspecified atom stereocenters. The Bertz CT molecular complexity index is 925. The monoisotopic (exact) mass is 373 g/mol. The van der Waals surface area contributed by atoms with Gasteiger partial charge in [-0.2, -0.15) is 0 Å². The Hall–Kier alpha value is -2.54. The summed E-state index contributed by atoms with van der Waals surface area (Å²) in [7, 11) is 1.28. The number of pyridine rings is 1. The Morgan fingerprint density at radius 3 is 2.87 bits per heavy atom. The van der Waals surface area contributed by atoms with Crippen LogP contribution in [0.2, 0.25) is 0 Å². The van der Waals surface area contributed by atoms with Gasteiger partial charge in [0.15, 0.2) is 6.04 Å². The lowest BCUT2D eigenvalue weighted by molar-refractivity contribution is -0.143. The average molecular weight is 374 g/mol. The Kier molecular flexibility index (Phi) is 4.20. The Morgan fingerprint density at radius 2 is 2.17 bits per heavy atom. The predicted octanol–water partition coefficient (Wildman–Crippen LogP) is 2.32. The summed E-state index contributed by atoms with van der Waals surface area (Å²) >= 11 is 3.34. The van der Waals surface area contributed by atoms with Crippen LogP contribution in [0.5, 0.6) is 0 Å². The molecule has 2 heterocycles. The predicted molar refractivity (Wildman–Crippen MR) is 88.1 cm³/mol. The molecule has 116 valence electrons. The summed E-state index contributed by atoms with van der Waals surface area (Å²) in [6.07, 6.45) is 4.47. The first-order chi connectivity index (χ1) is 11.1. The van der Waals surface area contributed by atoms with Gasteiger partial charge >= 0.3 is 5.97 Å². The number of halogens is 1. The summed E-state index contributed by atoms with van der Waals surface area (Å²) in [6, 6.07) is 7.70. The largest absolute Gasteiger partial charge is 0.467 e. The minimum Gasteiger partial charge on any atom is -0.467 e. The van der Waals surface area contributed by atoms with E-state index in [-0.39, 0.29) is 5.56 Å². The second-order valence-corrected chi connectivity index (χ2v) is 5.75. The third-order valence-corrected chi connectivity index (χ3v) is 3.94. The first kappa shape index (κ1) is 15.4. The minimum atomic E-state index is -0.933. The van der Waals surface area contributed by atoms with Crippen molar-refractivity contribution in [2.45, 2.75) is 6.04 Å². The highest BCUT2D eigenvalue weighted by Gasteiger charge is 2.25. The first-order valence-electron chi connectivity index (χ1n) is 6.76. The van der Waals surface area contributed by atoms with Gasteiger partial charge in [-0.1, -0.05) is 22.0 Å². The lowest BCUT2D eigenvalue weighted by Crippen LogP contribution is -2.31. The minimum absolute atomic E-state index is 0.324. The molecule has 3 rings (SSSR count). The molecule has 0 aliphatic rings. The summed E-state index contributed by atoms with van der Waals surface area (Å²) in [6.45, 7) is 0. The molecule has 0 saturated heterocycles. The van der Waals surface area contributed by atoms with Crippen molar-refractivity contribution in [2.75, 3.05) is 7.11 Å². The number of rotatable bonds is 3. The van der Waals surface area contributed by atoms with E-state index in [1.54, 1.807) is 36.5 Å². The number of benzene rings is 1. The van der Waals surface area contributed by atoms with E-state index in [9.17, 15) is 9.59 Å². The van der Waals surface area contributed by atoms with Crippen molar-refractivity contribution in [3.8, 4) is 0 Å². The summed E-state index contributed by atoms with van der Waals surface area (Å²) in [5.74, 6) is -0.559. The molecule has 0 fully saturated rings. The SMILES string of the molecule is COC(=O)C(c1cccnc1)n1cnc2ccc(Br)cc2c1=O. The number of hydrogen-bond donors (Lipinski definition) is 0. The fourth-order valence-electron chi connectivity index (χ4n) is 2.35. The highest BCUT2D eigenvalue weighted by atomic mass is 79.9. The van der Waals surface area contributed by atoms with E-state index in [0.717, 1.165) is 4.47 Å². The summed E-state index contributed by atoms with van der Waals surface area (Å²) in [5.41, 5.74) is 0.789. The number of esters is 1. The van der Waals surface area contributed by atoms with Crippen molar-refractivity contribution in [1.82, 2.24) is 14.5 Å². The molecule has 0 saturated carbocycles. The van der Waals surface area contributed by atoms with Gasteiger partial charge in [-0.3, -0.25) is 14.3 Å². The molecule has 0 N–H and O–H groups in total. The molecular weight excluding hydrogens is 362 g/mol. The molecule has 3 aromatic rings. The zero-order valence-electron chi connectivity index (χ0n) is 12.1. The van der Waals surface area contributed by atoms with E-state index in [4.69, 9.17) is 4.74 Å². The number of nitrogens with zero attached hydrogens (tertiary/aromatic N) is 3.